The zero-order valence-electron chi connectivity index (χ0n) is 19.0. The Morgan fingerprint density at radius 2 is 2.03 bits per heavy atom. The Kier molecular flexibility index (Phi) is 8.63. The Morgan fingerprint density at radius 1 is 1.27 bits per heavy atom. The lowest BCUT2D eigenvalue weighted by atomic mass is 10.0. The highest BCUT2D eigenvalue weighted by atomic mass is 35.5. The van der Waals surface area contributed by atoms with Crippen molar-refractivity contribution in [3.63, 3.8) is 0 Å². The number of carbonyl (C=O) groups excluding carboxylic acids is 2. The molecule has 4 rings (SSSR count). The topological polar surface area (TPSA) is 154 Å². The summed E-state index contributed by atoms with van der Waals surface area (Å²) in [6.07, 6.45) is 0. The summed E-state index contributed by atoms with van der Waals surface area (Å²) in [6.45, 7) is 1.90. The van der Waals surface area contributed by atoms with Crippen LogP contribution in [0.1, 0.15) is 6.92 Å². The van der Waals surface area contributed by atoms with Crippen LogP contribution < -0.4 is 16.4 Å². The molecule has 1 aromatic carbocycles. The number of fused-ring (bicyclic) bond motifs is 1. The van der Waals surface area contributed by atoms with Crippen LogP contribution in [0, 0.1) is 0 Å². The summed E-state index contributed by atoms with van der Waals surface area (Å²) in [6, 6.07) is 4.04. The summed E-state index contributed by atoms with van der Waals surface area (Å²) in [5, 5.41) is 19.1. The van der Waals surface area contributed by atoms with E-state index in [1.807, 2.05) is 0 Å². The van der Waals surface area contributed by atoms with E-state index >= 15 is 0 Å². The van der Waals surface area contributed by atoms with Crippen molar-refractivity contribution in [3.05, 3.63) is 60.2 Å². The molecular weight excluding hydrogens is 585 g/mol. The highest BCUT2D eigenvalue weighted by molar-refractivity contribution is 8.01. The standard InChI is InChI=1S/C21H19Cl2N5O6S3/c1-2-27-18(32)16(30)25-26-21(27)37-7-9-6-36-19-14(17(31)28(19)15(9)20(33)34)24-13(29)8-35-12-5-10(22)3-4-11(12)23/h3-5,14,19H,2,6-8H2,1H3,(H,24,29)(H,25,30)(H,33,34)/t14?,19-/m1/s1. The van der Waals surface area contributed by atoms with E-state index in [0.29, 0.717) is 26.3 Å². The van der Waals surface area contributed by atoms with Gasteiger partial charge in [-0.2, -0.15) is 0 Å². The van der Waals surface area contributed by atoms with Crippen molar-refractivity contribution >= 4 is 76.3 Å². The average Bonchev–Trinajstić information content (AvgIpc) is 2.87. The molecule has 0 aliphatic carbocycles. The maximum Gasteiger partial charge on any atom is 0.352 e. The first kappa shape index (κ1) is 27.6. The first-order chi connectivity index (χ1) is 17.6. The van der Waals surface area contributed by atoms with Crippen LogP contribution in [0.15, 0.2) is 49.1 Å². The Hall–Kier alpha value is -2.39. The van der Waals surface area contributed by atoms with Crippen LogP contribution in [0.5, 0.6) is 0 Å². The third kappa shape index (κ3) is 5.72. The zero-order valence-corrected chi connectivity index (χ0v) is 23.0. The molecule has 11 nitrogen and oxygen atoms in total. The number of benzene rings is 1. The number of β-lactam (4-membered cyclic amide) rings is 1. The van der Waals surface area contributed by atoms with E-state index in [0.717, 1.165) is 11.8 Å². The van der Waals surface area contributed by atoms with Gasteiger partial charge < -0.3 is 10.4 Å². The van der Waals surface area contributed by atoms with Crippen LogP contribution in [0.3, 0.4) is 0 Å². The second kappa shape index (κ2) is 11.6. The van der Waals surface area contributed by atoms with E-state index in [2.05, 4.69) is 15.5 Å². The Balaban J connectivity index is 1.43. The zero-order chi connectivity index (χ0) is 26.9. The number of nitrogens with zero attached hydrogens (tertiary/aromatic N) is 3. The average molecular weight is 605 g/mol. The number of carboxylic acid groups (broad SMARTS) is 1. The summed E-state index contributed by atoms with van der Waals surface area (Å²) < 4.78 is 1.19. The quantitative estimate of drug-likeness (QED) is 0.220. The first-order valence-corrected chi connectivity index (χ1v) is 14.5. The van der Waals surface area contributed by atoms with Gasteiger partial charge in [-0.15, -0.1) is 28.6 Å². The number of halogens is 2. The van der Waals surface area contributed by atoms with Gasteiger partial charge in [0.05, 0.1) is 10.8 Å². The summed E-state index contributed by atoms with van der Waals surface area (Å²) in [5.41, 5.74) is -1.29. The van der Waals surface area contributed by atoms with Gasteiger partial charge in [0.1, 0.15) is 17.1 Å². The molecule has 2 atom stereocenters. The van der Waals surface area contributed by atoms with E-state index in [9.17, 15) is 29.1 Å². The number of thioether (sulfide) groups is 3. The molecule has 37 heavy (non-hydrogen) atoms. The largest absolute Gasteiger partial charge is 0.477 e. The van der Waals surface area contributed by atoms with Crippen molar-refractivity contribution in [3.8, 4) is 0 Å². The fourth-order valence-corrected chi connectivity index (χ4v) is 7.50. The number of aromatic amines is 1. The molecule has 0 radical (unpaired) electrons. The molecule has 3 N–H and O–H groups in total. The SMILES string of the molecule is CCn1c(SCC2=C(C(=O)O)N3C(=O)C(NC(=O)CSc4cc(Cl)ccc4Cl)[C@H]3SC2)n[nH]c(=O)c1=O. The molecule has 16 heteroatoms. The molecular formula is C21H19Cl2N5O6S3. The van der Waals surface area contributed by atoms with Gasteiger partial charge in [0, 0.05) is 28.0 Å². The highest BCUT2D eigenvalue weighted by Gasteiger charge is 2.54. The predicted octanol–water partition coefficient (Wildman–Crippen LogP) is 1.88. The molecule has 1 aromatic heterocycles. The number of nitrogens with one attached hydrogen (secondary N) is 2. The fourth-order valence-electron chi connectivity index (χ4n) is 3.70. The summed E-state index contributed by atoms with van der Waals surface area (Å²) in [5.74, 6) is -1.77. The number of carboxylic acids is 1. The molecule has 3 heterocycles. The first-order valence-electron chi connectivity index (χ1n) is 10.7. The molecule has 0 bridgehead atoms. The lowest BCUT2D eigenvalue weighted by Crippen LogP contribution is -2.70. The lowest BCUT2D eigenvalue weighted by molar-refractivity contribution is -0.150. The lowest BCUT2D eigenvalue weighted by Gasteiger charge is -2.49. The Labute approximate surface area is 232 Å². The molecule has 2 aromatic rings. The van der Waals surface area contributed by atoms with Crippen molar-refractivity contribution in [2.24, 2.45) is 0 Å². The Bertz CT molecular complexity index is 1430. The van der Waals surface area contributed by atoms with Crippen molar-refractivity contribution in [1.82, 2.24) is 25.0 Å². The molecule has 2 amide bonds. The van der Waals surface area contributed by atoms with Crippen LogP contribution in [0.25, 0.3) is 0 Å². The number of rotatable bonds is 9. The van der Waals surface area contributed by atoms with Gasteiger partial charge in [0.2, 0.25) is 5.91 Å². The second-order valence-electron chi connectivity index (χ2n) is 7.75. The second-order valence-corrected chi connectivity index (χ2v) is 11.7. The third-order valence-corrected chi connectivity index (χ3v) is 9.57. The van der Waals surface area contributed by atoms with E-state index in [-0.39, 0.29) is 28.9 Å². The molecule has 1 fully saturated rings. The van der Waals surface area contributed by atoms with Crippen LogP contribution in [0.2, 0.25) is 10.0 Å². The van der Waals surface area contributed by atoms with Crippen molar-refractivity contribution in [1.29, 1.82) is 0 Å². The number of carbonyl (C=O) groups is 3. The minimum Gasteiger partial charge on any atom is -0.477 e. The summed E-state index contributed by atoms with van der Waals surface area (Å²) in [4.78, 5) is 62.8. The van der Waals surface area contributed by atoms with E-state index in [1.165, 1.54) is 33.0 Å². The van der Waals surface area contributed by atoms with Gasteiger partial charge in [0.25, 0.3) is 5.91 Å². The third-order valence-electron chi connectivity index (χ3n) is 5.43. The number of hydrogen-bond acceptors (Lipinski definition) is 9. The number of aromatic nitrogens is 3. The van der Waals surface area contributed by atoms with Gasteiger partial charge >= 0.3 is 17.1 Å². The van der Waals surface area contributed by atoms with Crippen molar-refractivity contribution < 1.29 is 19.5 Å². The van der Waals surface area contributed by atoms with Crippen LogP contribution >= 0.6 is 58.5 Å². The summed E-state index contributed by atoms with van der Waals surface area (Å²) in [7, 11) is 0. The van der Waals surface area contributed by atoms with Crippen LogP contribution in [0.4, 0.5) is 0 Å². The smallest absolute Gasteiger partial charge is 0.352 e. The molecule has 196 valence electrons. The molecule has 0 spiro atoms. The van der Waals surface area contributed by atoms with Crippen LogP contribution in [-0.2, 0) is 20.9 Å². The normalized spacial score (nSPS) is 18.9. The number of aliphatic carboxylic acids is 1. The van der Waals surface area contributed by atoms with Crippen LogP contribution in [-0.4, -0.2) is 71.2 Å². The monoisotopic (exact) mass is 603 g/mol. The highest BCUT2D eigenvalue weighted by Crippen LogP contribution is 2.41. The van der Waals surface area contributed by atoms with Gasteiger partial charge in [0.15, 0.2) is 5.16 Å². The molecule has 2 aliphatic heterocycles. The molecule has 1 unspecified atom stereocenters. The van der Waals surface area contributed by atoms with Gasteiger partial charge in [-0.1, -0.05) is 35.0 Å². The number of H-pyrrole nitrogens is 1. The number of amides is 2. The van der Waals surface area contributed by atoms with Crippen molar-refractivity contribution in [2.75, 3.05) is 17.3 Å². The minimum atomic E-state index is -1.27. The van der Waals surface area contributed by atoms with E-state index in [4.69, 9.17) is 23.2 Å². The molecule has 1 saturated heterocycles. The predicted molar refractivity (Wildman–Crippen MR) is 142 cm³/mol. The van der Waals surface area contributed by atoms with Gasteiger partial charge in [-0.05, 0) is 30.7 Å². The fraction of sp³-hybridized carbons (Fsp3) is 0.333. The molecule has 2 aliphatic rings. The van der Waals surface area contributed by atoms with Crippen molar-refractivity contribution in [2.45, 2.75) is 34.9 Å². The van der Waals surface area contributed by atoms with E-state index in [1.54, 1.807) is 25.1 Å². The maximum absolute atomic E-state index is 12.9. The van der Waals surface area contributed by atoms with Gasteiger partial charge in [-0.3, -0.25) is 28.6 Å². The molecule has 0 saturated carbocycles. The minimum absolute atomic E-state index is 0.00392. The van der Waals surface area contributed by atoms with E-state index < -0.39 is 40.3 Å². The number of hydrogen-bond donors (Lipinski definition) is 3. The van der Waals surface area contributed by atoms with Gasteiger partial charge in [-0.25, -0.2) is 9.89 Å². The Morgan fingerprint density at radius 3 is 2.73 bits per heavy atom. The maximum atomic E-state index is 12.9. The summed E-state index contributed by atoms with van der Waals surface area (Å²) >= 11 is 15.7.